The predicted octanol–water partition coefficient (Wildman–Crippen LogP) is 0.601. The van der Waals surface area contributed by atoms with Crippen LogP contribution in [0.1, 0.15) is 11.5 Å². The topological polar surface area (TPSA) is 66.4 Å². The van der Waals surface area contributed by atoms with Crippen LogP contribution in [-0.2, 0) is 9.59 Å². The maximum Gasteiger partial charge on any atom is 0.312 e. The average molecular weight is 193 g/mol. The number of benzene rings is 1. The summed E-state index contributed by atoms with van der Waals surface area (Å²) in [6, 6.07) is 8.81. The Morgan fingerprint density at radius 2 is 2.07 bits per heavy atom. The Balaban J connectivity index is 2.78. The van der Waals surface area contributed by atoms with Gasteiger partial charge in [-0.2, -0.15) is 0 Å². The molecule has 0 aliphatic heterocycles. The van der Waals surface area contributed by atoms with Gasteiger partial charge in [-0.25, -0.2) is 0 Å². The zero-order chi connectivity index (χ0) is 10.4. The van der Waals surface area contributed by atoms with Crippen molar-refractivity contribution >= 4 is 12.4 Å². The summed E-state index contributed by atoms with van der Waals surface area (Å²) in [6.45, 7) is 0.114. The Kier molecular flexibility index (Phi) is 3.67. The van der Waals surface area contributed by atoms with Crippen LogP contribution in [0.3, 0.4) is 0 Å². The standard InChI is InChI=1S/C10H11NO3/c12-7-11-6-9(10(13)14)8-4-2-1-3-5-8/h1-5,7,9H,6H2,(H,11,12)(H,13,14). The van der Waals surface area contributed by atoms with Gasteiger partial charge in [-0.05, 0) is 5.56 Å². The summed E-state index contributed by atoms with van der Waals surface area (Å²) in [5.41, 5.74) is 0.689. The molecular formula is C10H11NO3. The summed E-state index contributed by atoms with van der Waals surface area (Å²) in [6.07, 6.45) is 0.499. The monoisotopic (exact) mass is 193 g/mol. The summed E-state index contributed by atoms with van der Waals surface area (Å²) in [7, 11) is 0. The second-order valence-corrected chi connectivity index (χ2v) is 2.83. The van der Waals surface area contributed by atoms with Gasteiger partial charge in [-0.15, -0.1) is 0 Å². The minimum atomic E-state index is -0.939. The van der Waals surface area contributed by atoms with Crippen molar-refractivity contribution < 1.29 is 14.7 Å². The normalized spacial score (nSPS) is 11.7. The number of hydrogen-bond donors (Lipinski definition) is 2. The lowest BCUT2D eigenvalue weighted by atomic mass is 9.99. The lowest BCUT2D eigenvalue weighted by molar-refractivity contribution is -0.138. The number of nitrogens with one attached hydrogen (secondary N) is 1. The summed E-state index contributed by atoms with van der Waals surface area (Å²) in [5.74, 6) is -1.62. The second-order valence-electron chi connectivity index (χ2n) is 2.83. The molecule has 0 saturated heterocycles. The van der Waals surface area contributed by atoms with E-state index in [-0.39, 0.29) is 6.54 Å². The van der Waals surface area contributed by atoms with Crippen LogP contribution >= 0.6 is 0 Å². The van der Waals surface area contributed by atoms with E-state index < -0.39 is 11.9 Å². The molecule has 1 rings (SSSR count). The number of carboxylic acid groups (broad SMARTS) is 1. The number of carboxylic acids is 1. The Morgan fingerprint density at radius 1 is 1.43 bits per heavy atom. The Bertz CT molecular complexity index is 310. The maximum atomic E-state index is 10.8. The molecule has 1 amide bonds. The van der Waals surface area contributed by atoms with E-state index in [1.165, 1.54) is 0 Å². The van der Waals surface area contributed by atoms with Gasteiger partial charge in [-0.1, -0.05) is 30.3 Å². The van der Waals surface area contributed by atoms with E-state index in [9.17, 15) is 9.59 Å². The molecule has 0 heterocycles. The number of hydrogen-bond acceptors (Lipinski definition) is 2. The van der Waals surface area contributed by atoms with Crippen LogP contribution < -0.4 is 5.32 Å². The molecule has 2 N–H and O–H groups in total. The molecule has 14 heavy (non-hydrogen) atoms. The van der Waals surface area contributed by atoms with Crippen LogP contribution in [0.5, 0.6) is 0 Å². The molecule has 1 aromatic rings. The van der Waals surface area contributed by atoms with Crippen molar-refractivity contribution in [3.05, 3.63) is 35.9 Å². The van der Waals surface area contributed by atoms with E-state index in [4.69, 9.17) is 5.11 Å². The third kappa shape index (κ3) is 2.58. The molecule has 1 atom stereocenters. The Hall–Kier alpha value is -1.84. The highest BCUT2D eigenvalue weighted by molar-refractivity contribution is 5.76. The summed E-state index contributed by atoms with van der Waals surface area (Å²) in [5, 5.41) is 11.3. The minimum Gasteiger partial charge on any atom is -0.481 e. The highest BCUT2D eigenvalue weighted by atomic mass is 16.4. The molecule has 0 spiro atoms. The summed E-state index contributed by atoms with van der Waals surface area (Å²) < 4.78 is 0. The average Bonchev–Trinajstić information content (AvgIpc) is 2.19. The van der Waals surface area contributed by atoms with Crippen molar-refractivity contribution in [1.29, 1.82) is 0 Å². The van der Waals surface area contributed by atoms with E-state index in [0.717, 1.165) is 0 Å². The van der Waals surface area contributed by atoms with Crippen molar-refractivity contribution in [3.63, 3.8) is 0 Å². The van der Waals surface area contributed by atoms with E-state index >= 15 is 0 Å². The van der Waals surface area contributed by atoms with Gasteiger partial charge in [0.2, 0.25) is 6.41 Å². The molecule has 0 fully saturated rings. The van der Waals surface area contributed by atoms with Crippen molar-refractivity contribution in [2.75, 3.05) is 6.54 Å². The van der Waals surface area contributed by atoms with Gasteiger partial charge in [0.05, 0.1) is 5.92 Å². The minimum absolute atomic E-state index is 0.114. The van der Waals surface area contributed by atoms with Gasteiger partial charge in [0, 0.05) is 6.54 Å². The molecule has 1 aromatic carbocycles. The number of carbonyl (C=O) groups is 2. The fraction of sp³-hybridized carbons (Fsp3) is 0.200. The molecule has 74 valence electrons. The lowest BCUT2D eigenvalue weighted by Gasteiger charge is -2.11. The van der Waals surface area contributed by atoms with Crippen LogP contribution in [0.25, 0.3) is 0 Å². The first-order valence-electron chi connectivity index (χ1n) is 4.20. The highest BCUT2D eigenvalue weighted by Crippen LogP contribution is 2.14. The van der Waals surface area contributed by atoms with Gasteiger partial charge in [0.1, 0.15) is 0 Å². The van der Waals surface area contributed by atoms with Gasteiger partial charge in [0.15, 0.2) is 0 Å². The van der Waals surface area contributed by atoms with Gasteiger partial charge < -0.3 is 10.4 Å². The number of aliphatic carboxylic acids is 1. The quantitative estimate of drug-likeness (QED) is 0.673. The fourth-order valence-corrected chi connectivity index (χ4v) is 1.20. The zero-order valence-electron chi connectivity index (χ0n) is 7.51. The van der Waals surface area contributed by atoms with Gasteiger partial charge in [-0.3, -0.25) is 9.59 Å². The van der Waals surface area contributed by atoms with Crippen LogP contribution in [0.2, 0.25) is 0 Å². The largest absolute Gasteiger partial charge is 0.481 e. The van der Waals surface area contributed by atoms with Crippen LogP contribution in [0, 0.1) is 0 Å². The molecule has 4 heteroatoms. The van der Waals surface area contributed by atoms with E-state index in [1.54, 1.807) is 24.3 Å². The number of carbonyl (C=O) groups excluding carboxylic acids is 1. The van der Waals surface area contributed by atoms with Crippen LogP contribution in [0.4, 0.5) is 0 Å². The number of rotatable bonds is 5. The van der Waals surface area contributed by atoms with Crippen molar-refractivity contribution in [2.24, 2.45) is 0 Å². The van der Waals surface area contributed by atoms with Gasteiger partial charge in [0.25, 0.3) is 0 Å². The van der Waals surface area contributed by atoms with Crippen LogP contribution in [-0.4, -0.2) is 24.0 Å². The first-order valence-corrected chi connectivity index (χ1v) is 4.20. The lowest BCUT2D eigenvalue weighted by Crippen LogP contribution is -2.25. The zero-order valence-corrected chi connectivity index (χ0v) is 7.51. The molecule has 0 radical (unpaired) electrons. The van der Waals surface area contributed by atoms with E-state index in [0.29, 0.717) is 12.0 Å². The molecule has 4 nitrogen and oxygen atoms in total. The molecule has 0 bridgehead atoms. The maximum absolute atomic E-state index is 10.8. The third-order valence-electron chi connectivity index (χ3n) is 1.91. The molecular weight excluding hydrogens is 182 g/mol. The third-order valence-corrected chi connectivity index (χ3v) is 1.91. The number of amides is 1. The van der Waals surface area contributed by atoms with E-state index in [2.05, 4.69) is 5.32 Å². The Morgan fingerprint density at radius 3 is 2.57 bits per heavy atom. The molecule has 0 aliphatic rings. The second kappa shape index (κ2) is 5.01. The highest BCUT2D eigenvalue weighted by Gasteiger charge is 2.18. The van der Waals surface area contributed by atoms with Crippen LogP contribution in [0.15, 0.2) is 30.3 Å². The van der Waals surface area contributed by atoms with E-state index in [1.807, 2.05) is 6.07 Å². The molecule has 0 aliphatic carbocycles. The van der Waals surface area contributed by atoms with Crippen molar-refractivity contribution in [1.82, 2.24) is 5.32 Å². The SMILES string of the molecule is O=CNCC(C(=O)O)c1ccccc1. The van der Waals surface area contributed by atoms with Gasteiger partial charge >= 0.3 is 5.97 Å². The molecule has 0 saturated carbocycles. The fourth-order valence-electron chi connectivity index (χ4n) is 1.20. The van der Waals surface area contributed by atoms with Crippen molar-refractivity contribution in [3.8, 4) is 0 Å². The molecule has 0 aromatic heterocycles. The molecule has 1 unspecified atom stereocenters. The predicted molar refractivity (Wildman–Crippen MR) is 50.9 cm³/mol. The van der Waals surface area contributed by atoms with Crippen molar-refractivity contribution in [2.45, 2.75) is 5.92 Å². The first kappa shape index (κ1) is 10.2. The first-order chi connectivity index (χ1) is 6.75. The summed E-state index contributed by atoms with van der Waals surface area (Å²) >= 11 is 0. The smallest absolute Gasteiger partial charge is 0.312 e. The summed E-state index contributed by atoms with van der Waals surface area (Å²) in [4.78, 5) is 20.9. The Labute approximate surface area is 81.6 Å².